The molecule has 1 amide bonds. The van der Waals surface area contributed by atoms with Crippen LogP contribution in [0.2, 0.25) is 0 Å². The van der Waals surface area contributed by atoms with E-state index in [1.165, 1.54) is 25.6 Å². The molecule has 0 atom stereocenters. The van der Waals surface area contributed by atoms with E-state index >= 15 is 0 Å². The molecule has 1 aromatic heterocycles. The van der Waals surface area contributed by atoms with Gasteiger partial charge in [-0.15, -0.1) is 0 Å². The van der Waals surface area contributed by atoms with Gasteiger partial charge in [-0.25, -0.2) is 9.97 Å². The van der Waals surface area contributed by atoms with E-state index in [0.717, 1.165) is 17.9 Å². The fourth-order valence-electron chi connectivity index (χ4n) is 3.43. The Kier molecular flexibility index (Phi) is 7.36. The molecule has 1 fully saturated rings. The van der Waals surface area contributed by atoms with Crippen LogP contribution in [0.25, 0.3) is 0 Å². The van der Waals surface area contributed by atoms with Crippen molar-refractivity contribution in [2.75, 3.05) is 36.6 Å². The van der Waals surface area contributed by atoms with E-state index in [-0.39, 0.29) is 11.7 Å². The lowest BCUT2D eigenvalue weighted by Crippen LogP contribution is -2.37. The molecule has 8 nitrogen and oxygen atoms in total. The van der Waals surface area contributed by atoms with Gasteiger partial charge < -0.3 is 21.4 Å². The summed E-state index contributed by atoms with van der Waals surface area (Å²) >= 11 is 0. The van der Waals surface area contributed by atoms with Crippen LogP contribution in [0.1, 0.15) is 38.2 Å². The van der Waals surface area contributed by atoms with Gasteiger partial charge in [0.2, 0.25) is 5.91 Å². The first-order valence-corrected chi connectivity index (χ1v) is 10.6. The van der Waals surface area contributed by atoms with Gasteiger partial charge in [-0.1, -0.05) is 25.5 Å². The molecule has 1 aliphatic rings. The third-order valence-electron chi connectivity index (χ3n) is 5.71. The van der Waals surface area contributed by atoms with E-state index in [1.54, 1.807) is 18.0 Å². The monoisotopic (exact) mass is 421 g/mol. The number of carbonyl (C=O) groups excluding carboxylic acids is 1. The average Bonchev–Trinajstić information content (AvgIpc) is 2.71. The maximum absolute atomic E-state index is 12.6. The molecule has 0 spiro atoms. The van der Waals surface area contributed by atoms with Crippen LogP contribution in [0.3, 0.4) is 0 Å². The fraction of sp³-hybridized carbons (Fsp3) is 0.391. The number of likely N-dealkylation sites (N-methyl/N-ethyl adjacent to an activating group) is 2. The summed E-state index contributed by atoms with van der Waals surface area (Å²) in [6, 6.07) is 8.13. The highest BCUT2D eigenvalue weighted by Gasteiger charge is 2.20. The number of nitrogen functional groups attached to an aromatic ring is 1. The Morgan fingerprint density at radius 3 is 2.77 bits per heavy atom. The number of benzene rings is 1. The number of nitrogens with one attached hydrogen (secondary N) is 2. The third-order valence-corrected chi connectivity index (χ3v) is 5.71. The molecule has 4 N–H and O–H groups in total. The zero-order valence-corrected chi connectivity index (χ0v) is 18.4. The molecule has 31 heavy (non-hydrogen) atoms. The van der Waals surface area contributed by atoms with Crippen LogP contribution >= 0.6 is 0 Å². The Morgan fingerprint density at radius 1 is 1.32 bits per heavy atom. The summed E-state index contributed by atoms with van der Waals surface area (Å²) in [7, 11) is 3.85. The molecule has 0 saturated heterocycles. The SMILES string of the molecule is CCC(=N)c1c(N)ncnc1Nc1cccc(N(C)C(=O)C=CCN(C)C2CCC2)c1. The minimum atomic E-state index is -0.0844. The Balaban J connectivity index is 1.69. The fourth-order valence-corrected chi connectivity index (χ4v) is 3.43. The quantitative estimate of drug-likeness (QED) is 0.421. The average molecular weight is 422 g/mol. The number of nitrogens with zero attached hydrogens (tertiary/aromatic N) is 4. The molecule has 1 aliphatic carbocycles. The minimum absolute atomic E-state index is 0.0844. The Morgan fingerprint density at radius 2 is 2.10 bits per heavy atom. The zero-order chi connectivity index (χ0) is 22.4. The predicted molar refractivity (Wildman–Crippen MR) is 126 cm³/mol. The lowest BCUT2D eigenvalue weighted by molar-refractivity contribution is -0.113. The lowest BCUT2D eigenvalue weighted by Gasteiger charge is -2.33. The first-order valence-electron chi connectivity index (χ1n) is 10.6. The van der Waals surface area contributed by atoms with Crippen molar-refractivity contribution in [2.45, 2.75) is 38.6 Å². The number of hydrogen-bond donors (Lipinski definition) is 3. The first-order chi connectivity index (χ1) is 14.9. The Labute approximate surface area is 183 Å². The summed E-state index contributed by atoms with van der Waals surface area (Å²) < 4.78 is 0. The molecule has 8 heteroatoms. The summed E-state index contributed by atoms with van der Waals surface area (Å²) in [6.45, 7) is 2.66. The lowest BCUT2D eigenvalue weighted by atomic mass is 9.92. The van der Waals surface area contributed by atoms with E-state index in [2.05, 4.69) is 27.2 Å². The van der Waals surface area contributed by atoms with Crippen LogP contribution in [0.5, 0.6) is 0 Å². The summed E-state index contributed by atoms with van der Waals surface area (Å²) in [6.07, 6.45) is 9.23. The molecule has 0 bridgehead atoms. The smallest absolute Gasteiger partial charge is 0.250 e. The van der Waals surface area contributed by atoms with E-state index in [0.29, 0.717) is 29.6 Å². The van der Waals surface area contributed by atoms with Crippen LogP contribution in [-0.4, -0.2) is 53.2 Å². The van der Waals surface area contributed by atoms with Gasteiger partial charge in [-0.3, -0.25) is 9.69 Å². The maximum atomic E-state index is 12.6. The first kappa shape index (κ1) is 22.4. The highest BCUT2D eigenvalue weighted by molar-refractivity contribution is 6.06. The molecule has 0 aliphatic heterocycles. The van der Waals surface area contributed by atoms with E-state index in [4.69, 9.17) is 11.1 Å². The number of hydrogen-bond acceptors (Lipinski definition) is 7. The predicted octanol–water partition coefficient (Wildman–Crippen LogP) is 3.58. The van der Waals surface area contributed by atoms with Crippen LogP contribution < -0.4 is 16.0 Å². The standard InChI is InChI=1S/C23H31N7O/c1-4-19(24)21-22(25)26-15-27-23(21)28-16-8-5-11-18(14-16)30(3)20(31)12-7-13-29(2)17-9-6-10-17/h5,7-8,11-12,14-15,17,24H,4,6,9-10,13H2,1-3H3,(H3,25,26,27,28). The zero-order valence-electron chi connectivity index (χ0n) is 18.4. The second-order valence-corrected chi connectivity index (χ2v) is 7.81. The van der Waals surface area contributed by atoms with E-state index < -0.39 is 0 Å². The highest BCUT2D eigenvalue weighted by Crippen LogP contribution is 2.26. The molecular formula is C23H31N7O. The number of rotatable bonds is 9. The topological polar surface area (TPSA) is 111 Å². The molecule has 1 heterocycles. The molecule has 0 unspecified atom stereocenters. The van der Waals surface area contributed by atoms with Gasteiger partial charge in [-0.2, -0.15) is 0 Å². The van der Waals surface area contributed by atoms with Crippen molar-refractivity contribution in [3.8, 4) is 0 Å². The molecular weight excluding hydrogens is 390 g/mol. The molecule has 1 saturated carbocycles. The second kappa shape index (κ2) is 10.2. The van der Waals surface area contributed by atoms with Crippen molar-refractivity contribution in [3.63, 3.8) is 0 Å². The Hall–Kier alpha value is -3.26. The molecule has 164 valence electrons. The van der Waals surface area contributed by atoms with E-state index in [1.807, 2.05) is 37.3 Å². The molecule has 2 aromatic rings. The van der Waals surface area contributed by atoms with Gasteiger partial charge >= 0.3 is 0 Å². The Bertz CT molecular complexity index is 968. The van der Waals surface area contributed by atoms with Gasteiger partial charge in [0.25, 0.3) is 0 Å². The molecule has 0 radical (unpaired) electrons. The maximum Gasteiger partial charge on any atom is 0.250 e. The molecule has 1 aromatic carbocycles. The largest absolute Gasteiger partial charge is 0.383 e. The number of amides is 1. The van der Waals surface area contributed by atoms with Crippen molar-refractivity contribution in [2.24, 2.45) is 0 Å². The number of aromatic nitrogens is 2. The van der Waals surface area contributed by atoms with Gasteiger partial charge in [0.1, 0.15) is 18.0 Å². The highest BCUT2D eigenvalue weighted by atomic mass is 16.2. The van der Waals surface area contributed by atoms with Gasteiger partial charge in [0, 0.05) is 42.8 Å². The van der Waals surface area contributed by atoms with Crippen molar-refractivity contribution in [3.05, 3.63) is 48.3 Å². The summed E-state index contributed by atoms with van der Waals surface area (Å²) in [5.74, 6) is 0.660. The van der Waals surface area contributed by atoms with Crippen molar-refractivity contribution >= 4 is 34.6 Å². The summed E-state index contributed by atoms with van der Waals surface area (Å²) in [5.41, 5.74) is 8.33. The number of anilines is 4. The van der Waals surface area contributed by atoms with Crippen LogP contribution in [0, 0.1) is 5.41 Å². The summed E-state index contributed by atoms with van der Waals surface area (Å²) in [5, 5.41) is 11.4. The van der Waals surface area contributed by atoms with Crippen LogP contribution in [0.15, 0.2) is 42.7 Å². The molecule has 3 rings (SSSR count). The number of nitrogens with two attached hydrogens (primary N) is 1. The number of carbonyl (C=O) groups is 1. The minimum Gasteiger partial charge on any atom is -0.383 e. The van der Waals surface area contributed by atoms with Crippen molar-refractivity contribution in [1.29, 1.82) is 5.41 Å². The summed E-state index contributed by atoms with van der Waals surface area (Å²) in [4.78, 5) is 24.8. The van der Waals surface area contributed by atoms with Gasteiger partial charge in [-0.05, 0) is 44.5 Å². The van der Waals surface area contributed by atoms with Crippen molar-refractivity contribution < 1.29 is 4.79 Å². The van der Waals surface area contributed by atoms with Crippen LogP contribution in [0.4, 0.5) is 23.0 Å². The van der Waals surface area contributed by atoms with Crippen LogP contribution in [-0.2, 0) is 4.79 Å². The van der Waals surface area contributed by atoms with E-state index in [9.17, 15) is 4.79 Å². The normalized spacial score (nSPS) is 13.9. The third kappa shape index (κ3) is 5.46. The van der Waals surface area contributed by atoms with Gasteiger partial charge in [0.05, 0.1) is 5.56 Å². The van der Waals surface area contributed by atoms with Crippen molar-refractivity contribution in [1.82, 2.24) is 14.9 Å². The van der Waals surface area contributed by atoms with Gasteiger partial charge in [0.15, 0.2) is 0 Å². The second-order valence-electron chi connectivity index (χ2n) is 7.81.